The third-order valence-electron chi connectivity index (χ3n) is 3.19. The SMILES string of the molecule is O=C(On1c(O)ccc1O)c1ccc(CSc2ccccn2)cc1. The first-order valence-corrected chi connectivity index (χ1v) is 8.07. The van der Waals surface area contributed by atoms with Crippen LogP contribution in [0.1, 0.15) is 15.9 Å². The number of hydrogen-bond donors (Lipinski definition) is 2. The largest absolute Gasteiger partial charge is 0.492 e. The fourth-order valence-electron chi connectivity index (χ4n) is 1.96. The van der Waals surface area contributed by atoms with Gasteiger partial charge in [0.25, 0.3) is 0 Å². The van der Waals surface area contributed by atoms with E-state index in [0.717, 1.165) is 16.3 Å². The lowest BCUT2D eigenvalue weighted by molar-refractivity contribution is 0.0382. The van der Waals surface area contributed by atoms with Gasteiger partial charge in [-0.1, -0.05) is 18.2 Å². The Morgan fingerprint density at radius 1 is 1.04 bits per heavy atom. The first-order chi connectivity index (χ1) is 11.6. The van der Waals surface area contributed by atoms with Crippen molar-refractivity contribution in [2.45, 2.75) is 10.8 Å². The summed E-state index contributed by atoms with van der Waals surface area (Å²) in [4.78, 5) is 21.2. The molecule has 0 aliphatic rings. The highest BCUT2D eigenvalue weighted by atomic mass is 32.2. The Labute approximate surface area is 142 Å². The van der Waals surface area contributed by atoms with Crippen LogP contribution in [-0.4, -0.2) is 25.9 Å². The summed E-state index contributed by atoms with van der Waals surface area (Å²) in [5, 5.41) is 19.9. The van der Waals surface area contributed by atoms with Crippen molar-refractivity contribution in [1.82, 2.24) is 9.71 Å². The van der Waals surface area contributed by atoms with Crippen LogP contribution in [0.25, 0.3) is 0 Å². The van der Waals surface area contributed by atoms with Gasteiger partial charge in [0.05, 0.1) is 10.6 Å². The Balaban J connectivity index is 1.62. The maximum atomic E-state index is 12.0. The summed E-state index contributed by atoms with van der Waals surface area (Å²) in [5.41, 5.74) is 1.35. The molecule has 0 bridgehead atoms. The second-order valence-corrected chi connectivity index (χ2v) is 5.87. The Morgan fingerprint density at radius 2 is 1.75 bits per heavy atom. The molecule has 122 valence electrons. The van der Waals surface area contributed by atoms with Crippen LogP contribution in [0.3, 0.4) is 0 Å². The van der Waals surface area contributed by atoms with Gasteiger partial charge in [-0.2, -0.15) is 0 Å². The molecule has 0 fully saturated rings. The van der Waals surface area contributed by atoms with Gasteiger partial charge >= 0.3 is 5.97 Å². The molecule has 3 rings (SSSR count). The molecule has 0 amide bonds. The van der Waals surface area contributed by atoms with E-state index in [0.29, 0.717) is 10.3 Å². The molecular weight excluding hydrogens is 328 g/mol. The van der Waals surface area contributed by atoms with Gasteiger partial charge in [0, 0.05) is 24.1 Å². The molecule has 0 unspecified atom stereocenters. The topological polar surface area (TPSA) is 84.6 Å². The predicted molar refractivity (Wildman–Crippen MR) is 88.9 cm³/mol. The monoisotopic (exact) mass is 342 g/mol. The van der Waals surface area contributed by atoms with Gasteiger partial charge in [0.1, 0.15) is 0 Å². The number of hydrogen-bond acceptors (Lipinski definition) is 6. The van der Waals surface area contributed by atoms with E-state index < -0.39 is 5.97 Å². The Bertz CT molecular complexity index is 812. The minimum absolute atomic E-state index is 0.314. The summed E-state index contributed by atoms with van der Waals surface area (Å²) in [7, 11) is 0. The van der Waals surface area contributed by atoms with Gasteiger partial charge in [-0.3, -0.25) is 0 Å². The third-order valence-corrected chi connectivity index (χ3v) is 4.20. The van der Waals surface area contributed by atoms with E-state index in [1.165, 1.54) is 12.1 Å². The number of aromatic nitrogens is 2. The molecule has 24 heavy (non-hydrogen) atoms. The normalized spacial score (nSPS) is 10.5. The van der Waals surface area contributed by atoms with Crippen molar-refractivity contribution < 1.29 is 19.8 Å². The molecule has 0 saturated heterocycles. The van der Waals surface area contributed by atoms with Crippen molar-refractivity contribution in [3.05, 3.63) is 71.9 Å². The van der Waals surface area contributed by atoms with Gasteiger partial charge in [-0.05, 0) is 29.8 Å². The van der Waals surface area contributed by atoms with Gasteiger partial charge in [-0.15, -0.1) is 16.5 Å². The van der Waals surface area contributed by atoms with Gasteiger partial charge in [0.15, 0.2) is 0 Å². The van der Waals surface area contributed by atoms with Crippen LogP contribution in [-0.2, 0) is 5.75 Å². The minimum atomic E-state index is -0.680. The van der Waals surface area contributed by atoms with Gasteiger partial charge in [0.2, 0.25) is 11.8 Å². The fourth-order valence-corrected chi connectivity index (χ4v) is 2.77. The second kappa shape index (κ2) is 7.10. The van der Waals surface area contributed by atoms with E-state index in [-0.39, 0.29) is 11.8 Å². The Kier molecular flexibility index (Phi) is 4.72. The van der Waals surface area contributed by atoms with Crippen LogP contribution in [0.4, 0.5) is 0 Å². The summed E-state index contributed by atoms with van der Waals surface area (Å²) < 4.78 is 0.660. The van der Waals surface area contributed by atoms with E-state index in [2.05, 4.69) is 4.98 Å². The second-order valence-electron chi connectivity index (χ2n) is 4.88. The van der Waals surface area contributed by atoms with Gasteiger partial charge < -0.3 is 15.1 Å². The number of carbonyl (C=O) groups excluding carboxylic acids is 1. The highest BCUT2D eigenvalue weighted by Gasteiger charge is 2.14. The van der Waals surface area contributed by atoms with Crippen molar-refractivity contribution in [2.75, 3.05) is 0 Å². The first kappa shape index (κ1) is 15.9. The van der Waals surface area contributed by atoms with Crippen molar-refractivity contribution >= 4 is 17.7 Å². The molecule has 0 saturated carbocycles. The average Bonchev–Trinajstić information content (AvgIpc) is 2.93. The predicted octanol–water partition coefficient (Wildman–Crippen LogP) is 2.86. The molecule has 0 radical (unpaired) electrons. The summed E-state index contributed by atoms with van der Waals surface area (Å²) >= 11 is 1.60. The number of aromatic hydroxyl groups is 2. The molecule has 2 heterocycles. The zero-order chi connectivity index (χ0) is 16.9. The number of pyridine rings is 1. The van der Waals surface area contributed by atoms with Crippen molar-refractivity contribution in [3.63, 3.8) is 0 Å². The number of benzene rings is 1. The van der Waals surface area contributed by atoms with E-state index in [9.17, 15) is 15.0 Å². The fraction of sp³-hybridized carbons (Fsp3) is 0.0588. The number of carbonyl (C=O) groups is 1. The molecular formula is C17H14N2O4S. The van der Waals surface area contributed by atoms with E-state index in [1.54, 1.807) is 30.1 Å². The van der Waals surface area contributed by atoms with Crippen LogP contribution < -0.4 is 4.84 Å². The molecule has 0 aliphatic carbocycles. The number of thioether (sulfide) groups is 1. The minimum Gasteiger partial charge on any atom is -0.492 e. The maximum absolute atomic E-state index is 12.0. The highest BCUT2D eigenvalue weighted by Crippen LogP contribution is 2.21. The number of rotatable bonds is 5. The maximum Gasteiger partial charge on any atom is 0.363 e. The summed E-state index contributed by atoms with van der Waals surface area (Å²) in [6.07, 6.45) is 1.74. The van der Waals surface area contributed by atoms with Crippen LogP contribution in [0.5, 0.6) is 11.8 Å². The smallest absolute Gasteiger partial charge is 0.363 e. The van der Waals surface area contributed by atoms with Crippen LogP contribution in [0.2, 0.25) is 0 Å². The van der Waals surface area contributed by atoms with E-state index in [1.807, 2.05) is 30.3 Å². The van der Waals surface area contributed by atoms with E-state index >= 15 is 0 Å². The zero-order valence-corrected chi connectivity index (χ0v) is 13.3. The Hall–Kier alpha value is -2.93. The summed E-state index contributed by atoms with van der Waals surface area (Å²) in [6, 6.07) is 15.1. The lowest BCUT2D eigenvalue weighted by atomic mass is 10.1. The molecule has 0 atom stereocenters. The van der Waals surface area contributed by atoms with E-state index in [4.69, 9.17) is 4.84 Å². The molecule has 0 spiro atoms. The van der Waals surface area contributed by atoms with Crippen molar-refractivity contribution in [3.8, 4) is 11.8 Å². The van der Waals surface area contributed by atoms with Crippen LogP contribution in [0.15, 0.2) is 65.8 Å². The Morgan fingerprint density at radius 3 is 2.38 bits per heavy atom. The third kappa shape index (κ3) is 3.69. The van der Waals surface area contributed by atoms with Crippen molar-refractivity contribution in [2.24, 2.45) is 0 Å². The average molecular weight is 342 g/mol. The highest BCUT2D eigenvalue weighted by molar-refractivity contribution is 7.98. The quantitative estimate of drug-likeness (QED) is 0.694. The molecule has 6 nitrogen and oxygen atoms in total. The van der Waals surface area contributed by atoms with Crippen LogP contribution >= 0.6 is 11.8 Å². The van der Waals surface area contributed by atoms with Crippen molar-refractivity contribution in [1.29, 1.82) is 0 Å². The number of nitrogens with zero attached hydrogens (tertiary/aromatic N) is 2. The summed E-state index contributed by atoms with van der Waals surface area (Å²) in [6.45, 7) is 0. The molecule has 7 heteroatoms. The molecule has 3 aromatic rings. The lowest BCUT2D eigenvalue weighted by Gasteiger charge is -2.07. The molecule has 0 aliphatic heterocycles. The molecule has 1 aromatic carbocycles. The first-order valence-electron chi connectivity index (χ1n) is 7.08. The summed E-state index contributed by atoms with van der Waals surface area (Å²) in [5.74, 6) is -0.667. The lowest BCUT2D eigenvalue weighted by Crippen LogP contribution is -2.19. The standard InChI is InChI=1S/C17H14N2O4S/c20-15-8-9-16(21)19(15)23-17(22)13-6-4-12(5-7-13)11-24-14-3-1-2-10-18-14/h1-10,20-21H,11H2. The molecule has 2 N–H and O–H groups in total. The van der Waals surface area contributed by atoms with Gasteiger partial charge in [-0.25, -0.2) is 9.78 Å². The molecule has 2 aromatic heterocycles. The zero-order valence-electron chi connectivity index (χ0n) is 12.5. The van der Waals surface area contributed by atoms with Crippen LogP contribution in [0, 0.1) is 0 Å².